The molecule has 0 rings (SSSR count). The smallest absolute Gasteiger partial charge is 0.392 e. The summed E-state index contributed by atoms with van der Waals surface area (Å²) in [6.45, 7) is 93.2. The fourth-order valence-corrected chi connectivity index (χ4v) is 9.96. The van der Waals surface area contributed by atoms with Crippen LogP contribution in [0.15, 0.2) is 0 Å². The minimum atomic E-state index is -4.56. The number of aliphatic hydroxyl groups is 1. The molecule has 0 saturated carbocycles. The van der Waals surface area contributed by atoms with E-state index in [1.165, 1.54) is 7.11 Å². The molecule has 11 heteroatoms. The first-order valence-electron chi connectivity index (χ1n) is 30.1. The van der Waals surface area contributed by atoms with Gasteiger partial charge in [0, 0.05) is 25.0 Å². The van der Waals surface area contributed by atoms with Crippen LogP contribution in [0, 0.1) is 65.0 Å². The van der Waals surface area contributed by atoms with Gasteiger partial charge in [-0.05, 0) is 123 Å². The van der Waals surface area contributed by atoms with Crippen molar-refractivity contribution < 1.29 is 50.7 Å². The second kappa shape index (κ2) is 31.5. The summed E-state index contributed by atoms with van der Waals surface area (Å²) in [4.78, 5) is 0. The normalized spacial score (nSPS) is 14.7. The molecule has 0 aromatic carbocycles. The highest BCUT2D eigenvalue weighted by Gasteiger charge is 2.52. The summed E-state index contributed by atoms with van der Waals surface area (Å²) in [5, 5.41) is 9.72. The number of alkyl halides is 5. The van der Waals surface area contributed by atoms with Gasteiger partial charge in [-0.3, -0.25) is 4.74 Å². The Bertz CT molecular complexity index is 1510. The first-order chi connectivity index (χ1) is 33.8. The zero-order valence-corrected chi connectivity index (χ0v) is 63.7. The van der Waals surface area contributed by atoms with Crippen LogP contribution in [0.25, 0.3) is 0 Å². The number of hydrogen-bond acceptors (Lipinski definition) is 6. The monoisotopic (exact) mass is 1180 g/mol. The van der Waals surface area contributed by atoms with Gasteiger partial charge in [0.25, 0.3) is 0 Å². The molecule has 6 nitrogen and oxygen atoms in total. The average Bonchev–Trinajstić information content (AvgIpc) is 3.07. The largest absolute Gasteiger partial charge is 0.522 e. The summed E-state index contributed by atoms with van der Waals surface area (Å²) in [5.74, 6) is -1.58. The van der Waals surface area contributed by atoms with Crippen LogP contribution in [-0.4, -0.2) is 78.4 Å². The van der Waals surface area contributed by atoms with E-state index in [0.717, 1.165) is 0 Å². The molecule has 0 unspecified atom stereocenters. The van der Waals surface area contributed by atoms with Gasteiger partial charge in [-0.1, -0.05) is 249 Å². The van der Waals surface area contributed by atoms with E-state index in [1.807, 2.05) is 83.1 Å². The molecular weight excluding hydrogens is 1030 g/mol. The molecule has 0 fully saturated rings. The van der Waals surface area contributed by atoms with Crippen molar-refractivity contribution in [1.29, 1.82) is 0 Å². The average molecular weight is 1180 g/mol. The van der Waals surface area contributed by atoms with E-state index in [4.69, 9.17) is 18.9 Å². The van der Waals surface area contributed by atoms with E-state index in [0.29, 0.717) is 6.10 Å². The first kappa shape index (κ1) is 94.1. The lowest BCUT2D eigenvalue weighted by atomic mass is 9.72. The van der Waals surface area contributed by atoms with E-state index < -0.39 is 46.2 Å². The summed E-state index contributed by atoms with van der Waals surface area (Å²) in [5.41, 5.74) is -1.97. The topological polar surface area (TPSA) is 66.4 Å². The molecule has 0 aliphatic rings. The lowest BCUT2D eigenvalue weighted by Gasteiger charge is -2.45. The van der Waals surface area contributed by atoms with Crippen molar-refractivity contribution in [2.45, 2.75) is 378 Å². The van der Waals surface area contributed by atoms with Crippen molar-refractivity contribution in [3.8, 4) is 0 Å². The van der Waals surface area contributed by atoms with Gasteiger partial charge in [0.1, 0.15) is 6.17 Å². The summed E-state index contributed by atoms with van der Waals surface area (Å²) >= 11 is 0. The van der Waals surface area contributed by atoms with Crippen molar-refractivity contribution >= 4 is 0 Å². The van der Waals surface area contributed by atoms with Crippen molar-refractivity contribution in [3.05, 3.63) is 0 Å². The van der Waals surface area contributed by atoms with Gasteiger partial charge >= 0.3 is 6.36 Å². The van der Waals surface area contributed by atoms with Gasteiger partial charge in [-0.25, -0.2) is 8.78 Å². The second-order valence-electron chi connectivity index (χ2n) is 38.5. The highest BCUT2D eigenvalue weighted by molar-refractivity contribution is 4.93. The Morgan fingerprint density at radius 2 is 0.506 bits per heavy atom. The number of aliphatic hydroxyl groups excluding tert-OH is 1. The van der Waals surface area contributed by atoms with Gasteiger partial charge in [0.2, 0.25) is 5.85 Å². The predicted octanol–water partition coefficient (Wildman–Crippen LogP) is 23.6. The van der Waals surface area contributed by atoms with Crippen LogP contribution < -0.4 is 0 Å². The third kappa shape index (κ3) is 42.8. The van der Waals surface area contributed by atoms with E-state index >= 15 is 0 Å². The summed E-state index contributed by atoms with van der Waals surface area (Å²) in [6.07, 6.45) is -6.07. The van der Waals surface area contributed by atoms with E-state index in [1.54, 1.807) is 48.7 Å². The maximum absolute atomic E-state index is 14.3. The number of hydrogen-bond donors (Lipinski definition) is 1. The molecule has 1 N–H and O–H groups in total. The molecule has 500 valence electrons. The molecule has 81 heavy (non-hydrogen) atoms. The molecule has 0 aromatic heterocycles. The minimum absolute atomic E-state index is 0.00174. The zero-order valence-electron chi connectivity index (χ0n) is 63.7. The minimum Gasteiger partial charge on any atom is -0.392 e. The van der Waals surface area contributed by atoms with Crippen LogP contribution in [0.4, 0.5) is 22.0 Å². The SMILES string of the molecule is CC(C)(C)C(F)C(C)(C)C.CC(C)(C)C(O)C(C)(C)C.CC(C)(C)C(OC(F)(F)F)C(C)(C)C.CC(C)(C)OC(C)(C)C(C)(C)C.CC(C)(C)OC(C)(C)C(C)(C)C.COC(C(C)(C)C)C(C)(C)C.COC(F)(C(C)(C)C)C(C)(C)C. The number of ether oxygens (including phenoxy) is 5. The van der Waals surface area contributed by atoms with Gasteiger partial charge in [-0.2, -0.15) is 0 Å². The Kier molecular flexibility index (Phi) is 36.6. The van der Waals surface area contributed by atoms with E-state index in [-0.39, 0.29) is 71.8 Å². The van der Waals surface area contributed by atoms with Crippen molar-refractivity contribution in [2.24, 2.45) is 65.0 Å². The van der Waals surface area contributed by atoms with Crippen LogP contribution in [0.1, 0.15) is 318 Å². The van der Waals surface area contributed by atoms with Crippen molar-refractivity contribution in [3.63, 3.8) is 0 Å². The fourth-order valence-electron chi connectivity index (χ4n) is 9.96. The Balaban J connectivity index is -0.000000158. The standard InChI is InChI=1S/2C11H24O.C10H19F3O.C10H21FO.C10H22O.C9H19F.C9H20O/c2*1-9(2,3)11(7,8)12-10(4,5)6;1-8(2,3)7(9(4,5)6)14-10(11,12)13;1-8(2,3)10(11,12-7)9(4,5)6;1-9(2,3)8(11-7)10(4,5)6;2*1-8(2,3)7(10)9(4,5)6/h2*1-8H3;7H,1-6H3;1-7H3;8H,1-7H3;7H,1-6H3;7,10H,1-6H3. The highest BCUT2D eigenvalue weighted by atomic mass is 19.4. The summed E-state index contributed by atoms with van der Waals surface area (Å²) < 4.78 is 90.8. The van der Waals surface area contributed by atoms with Gasteiger partial charge in [-0.15, -0.1) is 13.2 Å². The molecule has 0 radical (unpaired) electrons. The molecular formula is C70H149F5O6. The number of rotatable bonds is 5. The Labute approximate surface area is 505 Å². The maximum Gasteiger partial charge on any atom is 0.522 e. The quantitative estimate of drug-likeness (QED) is 0.277. The summed E-state index contributed by atoms with van der Waals surface area (Å²) in [7, 11) is 3.22. The van der Waals surface area contributed by atoms with Crippen LogP contribution in [0.2, 0.25) is 0 Å². The zero-order chi connectivity index (χ0) is 68.8. The van der Waals surface area contributed by atoms with E-state index in [2.05, 4.69) is 199 Å². The van der Waals surface area contributed by atoms with Crippen LogP contribution in [-0.2, 0) is 23.7 Å². The molecule has 0 aromatic rings. The van der Waals surface area contributed by atoms with Gasteiger partial charge < -0.3 is 24.1 Å². The van der Waals surface area contributed by atoms with Gasteiger partial charge in [0.05, 0.1) is 40.7 Å². The third-order valence-electron chi connectivity index (χ3n) is 13.7. The summed E-state index contributed by atoms with van der Waals surface area (Å²) in [6, 6.07) is 0. The maximum atomic E-state index is 14.3. The van der Waals surface area contributed by atoms with Crippen LogP contribution >= 0.6 is 0 Å². The molecule has 0 atom stereocenters. The molecule has 0 aliphatic carbocycles. The Morgan fingerprint density at radius 1 is 0.296 bits per heavy atom. The predicted molar refractivity (Wildman–Crippen MR) is 347 cm³/mol. The molecule has 0 saturated heterocycles. The molecule has 0 aliphatic heterocycles. The second-order valence-corrected chi connectivity index (χ2v) is 38.5. The van der Waals surface area contributed by atoms with Crippen LogP contribution in [0.5, 0.6) is 0 Å². The lowest BCUT2D eigenvalue weighted by molar-refractivity contribution is -0.365. The molecule has 0 spiro atoms. The van der Waals surface area contributed by atoms with E-state index in [9.17, 15) is 27.1 Å². The lowest BCUT2D eigenvalue weighted by Crippen LogP contribution is -2.50. The molecule has 0 bridgehead atoms. The van der Waals surface area contributed by atoms with Crippen LogP contribution in [0.3, 0.4) is 0 Å². The number of halogens is 5. The first-order valence-corrected chi connectivity index (χ1v) is 30.1. The number of methoxy groups -OCH3 is 2. The highest BCUT2D eigenvalue weighted by Crippen LogP contribution is 2.48. The fraction of sp³-hybridized carbons (Fsp3) is 1.00. The van der Waals surface area contributed by atoms with Crippen molar-refractivity contribution in [2.75, 3.05) is 14.2 Å². The van der Waals surface area contributed by atoms with Crippen molar-refractivity contribution in [1.82, 2.24) is 0 Å². The molecule has 0 heterocycles. The van der Waals surface area contributed by atoms with Gasteiger partial charge in [0.15, 0.2) is 0 Å². The Morgan fingerprint density at radius 3 is 0.531 bits per heavy atom. The Hall–Kier alpha value is -0.590. The third-order valence-corrected chi connectivity index (χ3v) is 13.7. The molecule has 0 amide bonds.